The molecule has 3 rings (SSSR count). The van der Waals surface area contributed by atoms with E-state index in [2.05, 4.69) is 5.32 Å². The second kappa shape index (κ2) is 5.37. The lowest BCUT2D eigenvalue weighted by Gasteiger charge is -2.06. The first-order valence-corrected chi connectivity index (χ1v) is 6.68. The Morgan fingerprint density at radius 1 is 1.09 bits per heavy atom. The van der Waals surface area contributed by atoms with Gasteiger partial charge in [0, 0.05) is 11.1 Å². The average Bonchev–Trinajstić information content (AvgIpc) is 2.93. The second-order valence-corrected chi connectivity index (χ2v) is 4.94. The molecular formula is C17H13NO4. The van der Waals surface area contributed by atoms with E-state index in [0.717, 1.165) is 5.39 Å². The van der Waals surface area contributed by atoms with E-state index in [-0.39, 0.29) is 11.3 Å². The highest BCUT2D eigenvalue weighted by Crippen LogP contribution is 2.21. The van der Waals surface area contributed by atoms with Crippen LogP contribution in [0.2, 0.25) is 0 Å². The molecule has 0 spiro atoms. The Balaban J connectivity index is 1.87. The number of anilines is 1. The first-order chi connectivity index (χ1) is 10.5. The quantitative estimate of drug-likeness (QED) is 0.772. The van der Waals surface area contributed by atoms with Crippen molar-refractivity contribution in [3.8, 4) is 0 Å². The molecule has 0 unspecified atom stereocenters. The van der Waals surface area contributed by atoms with E-state index >= 15 is 0 Å². The number of furan rings is 1. The number of amides is 1. The third-order valence-corrected chi connectivity index (χ3v) is 3.38. The van der Waals surface area contributed by atoms with Crippen LogP contribution in [0.1, 0.15) is 26.5 Å². The molecule has 0 radical (unpaired) electrons. The lowest BCUT2D eigenvalue weighted by atomic mass is 10.1. The summed E-state index contributed by atoms with van der Waals surface area (Å²) in [7, 11) is 0. The number of hydrogen-bond acceptors (Lipinski definition) is 3. The zero-order chi connectivity index (χ0) is 15.7. The highest BCUT2D eigenvalue weighted by molar-refractivity contribution is 6.05. The SMILES string of the molecule is Cc1ccc(NC(=O)c2cc3ccccc3o2)cc1C(=O)O. The minimum Gasteiger partial charge on any atom is -0.478 e. The summed E-state index contributed by atoms with van der Waals surface area (Å²) in [6.07, 6.45) is 0. The molecule has 5 heteroatoms. The summed E-state index contributed by atoms with van der Waals surface area (Å²) in [5.74, 6) is -1.27. The number of carboxylic acids is 1. The van der Waals surface area contributed by atoms with Crippen molar-refractivity contribution in [3.63, 3.8) is 0 Å². The average molecular weight is 295 g/mol. The van der Waals surface area contributed by atoms with Crippen LogP contribution in [0.5, 0.6) is 0 Å². The summed E-state index contributed by atoms with van der Waals surface area (Å²) < 4.78 is 5.48. The Kier molecular flexibility index (Phi) is 3.39. The minimum atomic E-state index is -1.03. The number of benzene rings is 2. The number of rotatable bonds is 3. The van der Waals surface area contributed by atoms with E-state index < -0.39 is 11.9 Å². The maximum Gasteiger partial charge on any atom is 0.336 e. The molecule has 110 valence electrons. The zero-order valence-electron chi connectivity index (χ0n) is 11.8. The molecule has 0 saturated heterocycles. The van der Waals surface area contributed by atoms with Gasteiger partial charge in [0.05, 0.1) is 5.56 Å². The fourth-order valence-corrected chi connectivity index (χ4v) is 2.22. The summed E-state index contributed by atoms with van der Waals surface area (Å²) >= 11 is 0. The van der Waals surface area contributed by atoms with E-state index in [1.807, 2.05) is 18.2 Å². The van der Waals surface area contributed by atoms with Gasteiger partial charge in [-0.05, 0) is 36.8 Å². The van der Waals surface area contributed by atoms with Crippen molar-refractivity contribution in [2.45, 2.75) is 6.92 Å². The van der Waals surface area contributed by atoms with Gasteiger partial charge >= 0.3 is 5.97 Å². The number of aromatic carboxylic acids is 1. The lowest BCUT2D eigenvalue weighted by Crippen LogP contribution is -2.11. The Hall–Kier alpha value is -3.08. The Bertz CT molecular complexity index is 846. The van der Waals surface area contributed by atoms with Gasteiger partial charge in [0.25, 0.3) is 5.91 Å². The van der Waals surface area contributed by atoms with E-state index in [0.29, 0.717) is 16.8 Å². The number of carboxylic acid groups (broad SMARTS) is 1. The van der Waals surface area contributed by atoms with Gasteiger partial charge in [-0.15, -0.1) is 0 Å². The first kappa shape index (κ1) is 13.9. The molecule has 22 heavy (non-hydrogen) atoms. The third kappa shape index (κ3) is 2.56. The molecular weight excluding hydrogens is 282 g/mol. The van der Waals surface area contributed by atoms with Crippen molar-refractivity contribution in [2.75, 3.05) is 5.32 Å². The predicted octanol–water partition coefficient (Wildman–Crippen LogP) is 3.69. The number of hydrogen-bond donors (Lipinski definition) is 2. The highest BCUT2D eigenvalue weighted by Gasteiger charge is 2.14. The van der Waals surface area contributed by atoms with Crippen molar-refractivity contribution in [1.82, 2.24) is 0 Å². The maximum atomic E-state index is 12.2. The number of carbonyl (C=O) groups is 2. The van der Waals surface area contributed by atoms with Gasteiger partial charge in [0.1, 0.15) is 5.58 Å². The summed E-state index contributed by atoms with van der Waals surface area (Å²) in [5.41, 5.74) is 1.83. The number of nitrogens with one attached hydrogen (secondary N) is 1. The molecule has 2 aromatic carbocycles. The molecule has 5 nitrogen and oxygen atoms in total. The van der Waals surface area contributed by atoms with E-state index in [9.17, 15) is 9.59 Å². The van der Waals surface area contributed by atoms with Gasteiger partial charge < -0.3 is 14.8 Å². The third-order valence-electron chi connectivity index (χ3n) is 3.38. The molecule has 1 aromatic heterocycles. The van der Waals surface area contributed by atoms with Crippen LogP contribution in [0.4, 0.5) is 5.69 Å². The molecule has 1 amide bonds. The monoisotopic (exact) mass is 295 g/mol. The lowest BCUT2D eigenvalue weighted by molar-refractivity contribution is 0.0695. The Morgan fingerprint density at radius 2 is 1.86 bits per heavy atom. The van der Waals surface area contributed by atoms with Crippen LogP contribution in [0, 0.1) is 6.92 Å². The van der Waals surface area contributed by atoms with Crippen LogP contribution in [-0.4, -0.2) is 17.0 Å². The molecule has 0 aliphatic carbocycles. The highest BCUT2D eigenvalue weighted by atomic mass is 16.4. The van der Waals surface area contributed by atoms with Crippen molar-refractivity contribution >= 4 is 28.5 Å². The Morgan fingerprint density at radius 3 is 2.59 bits per heavy atom. The van der Waals surface area contributed by atoms with Crippen molar-refractivity contribution in [3.05, 3.63) is 65.4 Å². The molecule has 0 atom stereocenters. The van der Waals surface area contributed by atoms with Crippen LogP contribution in [-0.2, 0) is 0 Å². The van der Waals surface area contributed by atoms with Crippen molar-refractivity contribution in [2.24, 2.45) is 0 Å². The van der Waals surface area contributed by atoms with Gasteiger partial charge in [-0.3, -0.25) is 4.79 Å². The largest absolute Gasteiger partial charge is 0.478 e. The van der Waals surface area contributed by atoms with Crippen LogP contribution in [0.3, 0.4) is 0 Å². The van der Waals surface area contributed by atoms with Gasteiger partial charge in [-0.1, -0.05) is 24.3 Å². The van der Waals surface area contributed by atoms with Crippen LogP contribution < -0.4 is 5.32 Å². The summed E-state index contributed by atoms with van der Waals surface area (Å²) in [6.45, 7) is 1.70. The smallest absolute Gasteiger partial charge is 0.336 e. The number of fused-ring (bicyclic) bond motifs is 1. The number of carbonyl (C=O) groups excluding carboxylic acids is 1. The van der Waals surface area contributed by atoms with Crippen molar-refractivity contribution in [1.29, 1.82) is 0 Å². The summed E-state index contributed by atoms with van der Waals surface area (Å²) in [6, 6.07) is 13.7. The molecule has 0 saturated carbocycles. The maximum absolute atomic E-state index is 12.2. The van der Waals surface area contributed by atoms with E-state index in [1.165, 1.54) is 6.07 Å². The molecule has 3 aromatic rings. The van der Waals surface area contributed by atoms with Crippen molar-refractivity contribution < 1.29 is 19.1 Å². The van der Waals surface area contributed by atoms with Crippen LogP contribution in [0.25, 0.3) is 11.0 Å². The molecule has 1 heterocycles. The minimum absolute atomic E-state index is 0.155. The number of aryl methyl sites for hydroxylation is 1. The van der Waals surface area contributed by atoms with Crippen LogP contribution >= 0.6 is 0 Å². The first-order valence-electron chi connectivity index (χ1n) is 6.68. The molecule has 0 aliphatic rings. The topological polar surface area (TPSA) is 79.5 Å². The normalized spacial score (nSPS) is 10.6. The molecule has 2 N–H and O–H groups in total. The summed E-state index contributed by atoms with van der Waals surface area (Å²) in [5, 5.41) is 12.6. The summed E-state index contributed by atoms with van der Waals surface area (Å²) in [4.78, 5) is 23.3. The van der Waals surface area contributed by atoms with Gasteiger partial charge in [-0.25, -0.2) is 4.79 Å². The van der Waals surface area contributed by atoms with Gasteiger partial charge in [-0.2, -0.15) is 0 Å². The molecule has 0 aliphatic heterocycles. The molecule has 0 bridgehead atoms. The Labute approximate surface area is 126 Å². The van der Waals surface area contributed by atoms with E-state index in [1.54, 1.807) is 31.2 Å². The van der Waals surface area contributed by atoms with Gasteiger partial charge in [0.15, 0.2) is 5.76 Å². The van der Waals surface area contributed by atoms with E-state index in [4.69, 9.17) is 9.52 Å². The predicted molar refractivity (Wildman–Crippen MR) is 82.3 cm³/mol. The standard InChI is InChI=1S/C17H13NO4/c1-10-6-7-12(9-13(10)17(20)21)18-16(19)15-8-11-4-2-3-5-14(11)22-15/h2-9H,1H3,(H,18,19)(H,20,21). The second-order valence-electron chi connectivity index (χ2n) is 4.94. The van der Waals surface area contributed by atoms with Crippen LogP contribution in [0.15, 0.2) is 52.9 Å². The number of para-hydroxylation sites is 1. The fraction of sp³-hybridized carbons (Fsp3) is 0.0588. The zero-order valence-corrected chi connectivity index (χ0v) is 11.8. The molecule has 0 fully saturated rings. The van der Waals surface area contributed by atoms with Gasteiger partial charge in [0.2, 0.25) is 0 Å². The fourth-order valence-electron chi connectivity index (χ4n) is 2.22.